The highest BCUT2D eigenvalue weighted by atomic mass is 16.5. The average molecular weight is 374 g/mol. The van der Waals surface area contributed by atoms with Crippen LogP contribution < -0.4 is 10.9 Å². The maximum Gasteiger partial charge on any atom is 0.326 e. The van der Waals surface area contributed by atoms with E-state index >= 15 is 0 Å². The largest absolute Gasteiger partial charge is 0.454 e. The molecule has 1 aromatic heterocycles. The molecule has 1 N–H and O–H groups in total. The molecule has 0 atom stereocenters. The third-order valence-corrected chi connectivity index (χ3v) is 3.83. The van der Waals surface area contributed by atoms with E-state index in [1.54, 1.807) is 38.1 Å². The van der Waals surface area contributed by atoms with Crippen LogP contribution in [0.5, 0.6) is 0 Å². The Hall–Kier alpha value is -3.23. The summed E-state index contributed by atoms with van der Waals surface area (Å²) in [6.45, 7) is 3.32. The molecule has 27 heavy (non-hydrogen) atoms. The number of nitrogens with one attached hydrogen (secondary N) is 1. The first kappa shape index (κ1) is 20.1. The van der Waals surface area contributed by atoms with Crippen molar-refractivity contribution in [1.29, 1.82) is 0 Å². The van der Waals surface area contributed by atoms with E-state index in [9.17, 15) is 19.2 Å². The van der Waals surface area contributed by atoms with E-state index in [2.05, 4.69) is 10.3 Å². The van der Waals surface area contributed by atoms with E-state index in [0.29, 0.717) is 24.0 Å². The predicted octanol–water partition coefficient (Wildman–Crippen LogP) is -0.0757. The SMILES string of the molecule is CCNC(=O)CN(CC)C(=O)COC(=O)Cn1cnc2ccccc2c1=O. The van der Waals surface area contributed by atoms with Crippen molar-refractivity contribution in [2.45, 2.75) is 20.4 Å². The van der Waals surface area contributed by atoms with Crippen molar-refractivity contribution in [2.24, 2.45) is 0 Å². The van der Waals surface area contributed by atoms with Crippen LogP contribution in [0.2, 0.25) is 0 Å². The molecule has 0 spiro atoms. The van der Waals surface area contributed by atoms with Crippen LogP contribution in [-0.2, 0) is 25.7 Å². The summed E-state index contributed by atoms with van der Waals surface area (Å²) in [5, 5.41) is 2.99. The maximum atomic E-state index is 12.3. The van der Waals surface area contributed by atoms with Gasteiger partial charge in [-0.3, -0.25) is 23.7 Å². The zero-order chi connectivity index (χ0) is 19.8. The molecule has 0 bridgehead atoms. The van der Waals surface area contributed by atoms with E-state index in [1.165, 1.54) is 11.2 Å². The molecule has 2 aromatic rings. The van der Waals surface area contributed by atoms with E-state index in [4.69, 9.17) is 4.74 Å². The lowest BCUT2D eigenvalue weighted by Gasteiger charge is -2.20. The number of carbonyl (C=O) groups is 3. The van der Waals surface area contributed by atoms with Crippen LogP contribution in [0.4, 0.5) is 0 Å². The zero-order valence-electron chi connectivity index (χ0n) is 15.3. The van der Waals surface area contributed by atoms with Crippen molar-refractivity contribution in [1.82, 2.24) is 19.8 Å². The van der Waals surface area contributed by atoms with Crippen molar-refractivity contribution in [2.75, 3.05) is 26.2 Å². The molecule has 0 saturated heterocycles. The van der Waals surface area contributed by atoms with Crippen LogP contribution in [-0.4, -0.2) is 58.5 Å². The molecule has 1 aromatic carbocycles. The molecule has 0 fully saturated rings. The number of fused-ring (bicyclic) bond motifs is 1. The van der Waals surface area contributed by atoms with Crippen molar-refractivity contribution >= 4 is 28.7 Å². The Bertz CT molecular complexity index is 893. The number of aromatic nitrogens is 2. The second-order valence-corrected chi connectivity index (χ2v) is 5.72. The smallest absolute Gasteiger partial charge is 0.326 e. The number of amides is 2. The molecular weight excluding hydrogens is 352 g/mol. The normalized spacial score (nSPS) is 10.4. The van der Waals surface area contributed by atoms with Gasteiger partial charge in [-0.1, -0.05) is 12.1 Å². The van der Waals surface area contributed by atoms with Crippen molar-refractivity contribution < 1.29 is 19.1 Å². The second kappa shape index (κ2) is 9.46. The minimum atomic E-state index is -0.739. The average Bonchev–Trinajstić information content (AvgIpc) is 2.67. The Kier molecular flexibility index (Phi) is 7.04. The zero-order valence-corrected chi connectivity index (χ0v) is 15.3. The monoisotopic (exact) mass is 374 g/mol. The highest BCUT2D eigenvalue weighted by molar-refractivity contribution is 5.86. The summed E-state index contributed by atoms with van der Waals surface area (Å²) >= 11 is 0. The first-order chi connectivity index (χ1) is 13.0. The van der Waals surface area contributed by atoms with Gasteiger partial charge in [-0.2, -0.15) is 0 Å². The van der Waals surface area contributed by atoms with Gasteiger partial charge in [0.2, 0.25) is 5.91 Å². The van der Waals surface area contributed by atoms with Gasteiger partial charge in [-0.15, -0.1) is 0 Å². The lowest BCUT2D eigenvalue weighted by Crippen LogP contribution is -2.42. The molecular formula is C18H22N4O5. The van der Waals surface area contributed by atoms with Crippen LogP contribution in [0.1, 0.15) is 13.8 Å². The molecule has 0 aliphatic rings. The Morgan fingerprint density at radius 3 is 2.67 bits per heavy atom. The van der Waals surface area contributed by atoms with E-state index in [1.807, 2.05) is 0 Å². The van der Waals surface area contributed by atoms with Gasteiger partial charge in [0.1, 0.15) is 6.54 Å². The van der Waals surface area contributed by atoms with Gasteiger partial charge < -0.3 is 15.0 Å². The van der Waals surface area contributed by atoms with Gasteiger partial charge in [-0.25, -0.2) is 4.98 Å². The fourth-order valence-corrected chi connectivity index (χ4v) is 2.44. The summed E-state index contributed by atoms with van der Waals surface area (Å²) in [4.78, 5) is 53.4. The highest BCUT2D eigenvalue weighted by Crippen LogP contribution is 2.04. The highest BCUT2D eigenvalue weighted by Gasteiger charge is 2.17. The fraction of sp³-hybridized carbons (Fsp3) is 0.389. The molecule has 144 valence electrons. The molecule has 0 unspecified atom stereocenters. The van der Waals surface area contributed by atoms with E-state index < -0.39 is 18.5 Å². The minimum Gasteiger partial charge on any atom is -0.454 e. The van der Waals surface area contributed by atoms with Gasteiger partial charge in [0.25, 0.3) is 11.5 Å². The predicted molar refractivity (Wildman–Crippen MR) is 97.9 cm³/mol. The van der Waals surface area contributed by atoms with Gasteiger partial charge in [0, 0.05) is 13.1 Å². The number of likely N-dealkylation sites (N-methyl/N-ethyl adjacent to an activating group) is 2. The second-order valence-electron chi connectivity index (χ2n) is 5.72. The first-order valence-electron chi connectivity index (χ1n) is 8.60. The Morgan fingerprint density at radius 1 is 1.22 bits per heavy atom. The first-order valence-corrected chi connectivity index (χ1v) is 8.60. The molecule has 2 rings (SSSR count). The topological polar surface area (TPSA) is 111 Å². The van der Waals surface area contributed by atoms with E-state index in [-0.39, 0.29) is 24.6 Å². The lowest BCUT2D eigenvalue weighted by molar-refractivity contribution is -0.153. The number of ether oxygens (including phenoxy) is 1. The van der Waals surface area contributed by atoms with Crippen LogP contribution >= 0.6 is 0 Å². The number of benzene rings is 1. The molecule has 9 heteroatoms. The molecule has 1 heterocycles. The summed E-state index contributed by atoms with van der Waals surface area (Å²) in [5.41, 5.74) is 0.168. The summed E-state index contributed by atoms with van der Waals surface area (Å²) in [7, 11) is 0. The molecule has 0 aliphatic carbocycles. The molecule has 0 radical (unpaired) electrons. The van der Waals surface area contributed by atoms with Gasteiger partial charge >= 0.3 is 5.97 Å². The number of para-hydroxylation sites is 1. The third-order valence-electron chi connectivity index (χ3n) is 3.83. The van der Waals surface area contributed by atoms with Crippen molar-refractivity contribution in [3.8, 4) is 0 Å². The number of rotatable bonds is 8. The van der Waals surface area contributed by atoms with Gasteiger partial charge in [-0.05, 0) is 26.0 Å². The van der Waals surface area contributed by atoms with Crippen LogP contribution in [0.25, 0.3) is 10.9 Å². The van der Waals surface area contributed by atoms with Gasteiger partial charge in [0.15, 0.2) is 6.61 Å². The minimum absolute atomic E-state index is 0.102. The Balaban J connectivity index is 1.94. The standard InChI is InChI=1S/C18H22N4O5/c1-3-19-15(23)9-21(4-2)16(24)11-27-17(25)10-22-12-20-14-8-6-5-7-13(14)18(22)26/h5-8,12H,3-4,9-11H2,1-2H3,(H,19,23). The Labute approximate surface area is 155 Å². The fourth-order valence-electron chi connectivity index (χ4n) is 2.44. The molecule has 0 saturated carbocycles. The van der Waals surface area contributed by atoms with Crippen LogP contribution in [0.3, 0.4) is 0 Å². The molecule has 0 aliphatic heterocycles. The summed E-state index contributed by atoms with van der Waals surface area (Å²) in [5.74, 6) is -1.51. The summed E-state index contributed by atoms with van der Waals surface area (Å²) in [6, 6.07) is 6.79. The Morgan fingerprint density at radius 2 is 1.96 bits per heavy atom. The lowest BCUT2D eigenvalue weighted by atomic mass is 10.2. The van der Waals surface area contributed by atoms with Crippen molar-refractivity contribution in [3.05, 3.63) is 40.9 Å². The number of esters is 1. The van der Waals surface area contributed by atoms with Crippen LogP contribution in [0.15, 0.2) is 35.4 Å². The number of nitrogens with zero attached hydrogens (tertiary/aromatic N) is 3. The number of hydrogen-bond donors (Lipinski definition) is 1. The molecule has 2 amide bonds. The maximum absolute atomic E-state index is 12.3. The molecule has 9 nitrogen and oxygen atoms in total. The quantitative estimate of drug-likeness (QED) is 0.648. The summed E-state index contributed by atoms with van der Waals surface area (Å²) in [6.07, 6.45) is 1.27. The number of carbonyl (C=O) groups excluding carboxylic acids is 3. The van der Waals surface area contributed by atoms with Crippen molar-refractivity contribution in [3.63, 3.8) is 0 Å². The summed E-state index contributed by atoms with van der Waals surface area (Å²) < 4.78 is 6.08. The van der Waals surface area contributed by atoms with Gasteiger partial charge in [0.05, 0.1) is 23.8 Å². The number of hydrogen-bond acceptors (Lipinski definition) is 6. The third kappa shape index (κ3) is 5.37. The van der Waals surface area contributed by atoms with E-state index in [0.717, 1.165) is 4.57 Å². The van der Waals surface area contributed by atoms with Crippen LogP contribution in [0, 0.1) is 0 Å².